The van der Waals surface area contributed by atoms with Crippen LogP contribution >= 0.6 is 11.6 Å². The van der Waals surface area contributed by atoms with Crippen LogP contribution in [0.2, 0.25) is 5.02 Å². The van der Waals surface area contributed by atoms with Crippen molar-refractivity contribution in [1.82, 2.24) is 9.21 Å². The van der Waals surface area contributed by atoms with E-state index in [0.717, 1.165) is 19.6 Å². The quantitative estimate of drug-likeness (QED) is 0.855. The van der Waals surface area contributed by atoms with Crippen molar-refractivity contribution < 1.29 is 8.42 Å². The van der Waals surface area contributed by atoms with Crippen molar-refractivity contribution in [2.24, 2.45) is 5.92 Å². The van der Waals surface area contributed by atoms with E-state index in [1.54, 1.807) is 6.07 Å². The summed E-state index contributed by atoms with van der Waals surface area (Å²) in [5.74, 6) is 0.583. The third-order valence-electron chi connectivity index (χ3n) is 3.54. The van der Waals surface area contributed by atoms with Crippen LogP contribution in [0, 0.1) is 5.92 Å². The van der Waals surface area contributed by atoms with E-state index in [4.69, 9.17) is 17.3 Å². The zero-order valence-corrected chi connectivity index (χ0v) is 14.0. The van der Waals surface area contributed by atoms with Gasteiger partial charge in [0.2, 0.25) is 10.0 Å². The number of nitrogen functional groups attached to an aromatic ring is 1. The molecule has 21 heavy (non-hydrogen) atoms. The summed E-state index contributed by atoms with van der Waals surface area (Å²) >= 11 is 5.83. The Morgan fingerprint density at radius 3 is 2.38 bits per heavy atom. The molecule has 1 saturated heterocycles. The maximum atomic E-state index is 12.6. The summed E-state index contributed by atoms with van der Waals surface area (Å²) in [6.45, 7) is 7.83. The molecule has 1 aromatic carbocycles. The highest BCUT2D eigenvalue weighted by Gasteiger charge is 2.29. The van der Waals surface area contributed by atoms with Gasteiger partial charge in [-0.05, 0) is 24.1 Å². The molecule has 0 aromatic heterocycles. The Labute approximate surface area is 131 Å². The number of hydrogen-bond donors (Lipinski definition) is 1. The minimum Gasteiger partial charge on any atom is -0.398 e. The smallest absolute Gasteiger partial charge is 0.245 e. The highest BCUT2D eigenvalue weighted by Crippen LogP contribution is 2.26. The van der Waals surface area contributed by atoms with Crippen molar-refractivity contribution in [3.8, 4) is 0 Å². The maximum absolute atomic E-state index is 12.6. The molecular weight excluding hydrogens is 310 g/mol. The topological polar surface area (TPSA) is 66.6 Å². The summed E-state index contributed by atoms with van der Waals surface area (Å²) < 4.78 is 26.8. The molecule has 0 radical (unpaired) electrons. The molecule has 0 atom stereocenters. The average molecular weight is 332 g/mol. The Bertz CT molecular complexity index is 596. The average Bonchev–Trinajstić information content (AvgIpc) is 2.38. The second-order valence-corrected chi connectivity index (χ2v) is 8.12. The summed E-state index contributed by atoms with van der Waals surface area (Å²) in [5.41, 5.74) is 6.01. The number of sulfonamides is 1. The van der Waals surface area contributed by atoms with Crippen LogP contribution in [-0.4, -0.2) is 50.3 Å². The number of benzene rings is 1. The second kappa shape index (κ2) is 6.52. The van der Waals surface area contributed by atoms with Gasteiger partial charge in [-0.15, -0.1) is 0 Å². The molecule has 0 unspecified atom stereocenters. The predicted octanol–water partition coefficient (Wildman–Crippen LogP) is 1.88. The van der Waals surface area contributed by atoms with Gasteiger partial charge in [0.1, 0.15) is 4.90 Å². The van der Waals surface area contributed by atoms with Gasteiger partial charge in [-0.3, -0.25) is 0 Å². The van der Waals surface area contributed by atoms with Gasteiger partial charge in [0.15, 0.2) is 0 Å². The number of anilines is 1. The first-order chi connectivity index (χ1) is 9.80. The minimum absolute atomic E-state index is 0.143. The fraction of sp³-hybridized carbons (Fsp3) is 0.571. The molecule has 1 fully saturated rings. The van der Waals surface area contributed by atoms with Gasteiger partial charge in [0.05, 0.1) is 5.69 Å². The lowest BCUT2D eigenvalue weighted by Crippen LogP contribution is -2.49. The Morgan fingerprint density at radius 1 is 1.24 bits per heavy atom. The van der Waals surface area contributed by atoms with E-state index in [9.17, 15) is 8.42 Å². The Kier molecular flexibility index (Phi) is 5.14. The zero-order chi connectivity index (χ0) is 15.6. The van der Waals surface area contributed by atoms with Gasteiger partial charge < -0.3 is 10.6 Å². The molecular formula is C14H22ClN3O2S. The molecule has 118 valence electrons. The summed E-state index contributed by atoms with van der Waals surface area (Å²) in [4.78, 5) is 2.44. The van der Waals surface area contributed by atoms with Gasteiger partial charge in [0, 0.05) is 37.7 Å². The zero-order valence-electron chi connectivity index (χ0n) is 12.4. The molecule has 2 N–H and O–H groups in total. The van der Waals surface area contributed by atoms with Crippen LogP contribution in [0.1, 0.15) is 13.8 Å². The minimum atomic E-state index is -3.54. The molecule has 0 saturated carbocycles. The van der Waals surface area contributed by atoms with Crippen LogP contribution < -0.4 is 5.73 Å². The standard InChI is InChI=1S/C14H22ClN3O2S/c1-11(2)10-17-5-7-18(8-6-17)21(19,20)14-4-3-12(15)9-13(14)16/h3-4,9,11H,5-8,10,16H2,1-2H3. The van der Waals surface area contributed by atoms with Crippen LogP contribution in [0.4, 0.5) is 5.69 Å². The van der Waals surface area contributed by atoms with Crippen LogP contribution in [-0.2, 0) is 10.0 Å². The second-order valence-electron chi connectivity index (χ2n) is 5.78. The van der Waals surface area contributed by atoms with Crippen LogP contribution in [0.5, 0.6) is 0 Å². The van der Waals surface area contributed by atoms with Crippen LogP contribution in [0.3, 0.4) is 0 Å². The third kappa shape index (κ3) is 3.88. The van der Waals surface area contributed by atoms with E-state index in [1.165, 1.54) is 16.4 Å². The molecule has 1 aliphatic heterocycles. The van der Waals surface area contributed by atoms with Crippen LogP contribution in [0.15, 0.2) is 23.1 Å². The van der Waals surface area contributed by atoms with Gasteiger partial charge in [-0.1, -0.05) is 25.4 Å². The highest BCUT2D eigenvalue weighted by atomic mass is 35.5. The molecule has 0 spiro atoms. The first-order valence-electron chi connectivity index (χ1n) is 7.08. The van der Waals surface area contributed by atoms with Crippen molar-refractivity contribution in [3.63, 3.8) is 0 Å². The molecule has 0 amide bonds. The Morgan fingerprint density at radius 2 is 1.86 bits per heavy atom. The number of piperazine rings is 1. The monoisotopic (exact) mass is 331 g/mol. The van der Waals surface area contributed by atoms with E-state index in [0.29, 0.717) is 24.0 Å². The van der Waals surface area contributed by atoms with Crippen molar-refractivity contribution in [2.75, 3.05) is 38.5 Å². The molecule has 7 heteroatoms. The van der Waals surface area contributed by atoms with E-state index in [1.807, 2.05) is 0 Å². The number of halogens is 1. The first-order valence-corrected chi connectivity index (χ1v) is 8.90. The first kappa shape index (κ1) is 16.5. The van der Waals surface area contributed by atoms with E-state index < -0.39 is 10.0 Å². The normalized spacial score (nSPS) is 18.3. The number of rotatable bonds is 4. The lowest BCUT2D eigenvalue weighted by atomic mass is 10.2. The summed E-state index contributed by atoms with van der Waals surface area (Å²) in [6.07, 6.45) is 0. The molecule has 0 aliphatic carbocycles. The fourth-order valence-corrected chi connectivity index (χ4v) is 4.26. The van der Waals surface area contributed by atoms with E-state index in [-0.39, 0.29) is 10.6 Å². The number of hydrogen-bond acceptors (Lipinski definition) is 4. The molecule has 1 aliphatic rings. The van der Waals surface area contributed by atoms with Gasteiger partial charge >= 0.3 is 0 Å². The third-order valence-corrected chi connectivity index (χ3v) is 5.75. The lowest BCUT2D eigenvalue weighted by molar-refractivity contribution is 0.172. The molecule has 2 rings (SSSR count). The van der Waals surface area contributed by atoms with Crippen molar-refractivity contribution >= 4 is 27.3 Å². The summed E-state index contributed by atoms with van der Waals surface area (Å²) in [6, 6.07) is 4.51. The van der Waals surface area contributed by atoms with Gasteiger partial charge in [-0.2, -0.15) is 4.31 Å². The lowest BCUT2D eigenvalue weighted by Gasteiger charge is -2.34. The summed E-state index contributed by atoms with van der Waals surface area (Å²) in [7, 11) is -3.54. The molecule has 0 bridgehead atoms. The van der Waals surface area contributed by atoms with Crippen LogP contribution in [0.25, 0.3) is 0 Å². The van der Waals surface area contributed by atoms with Crippen molar-refractivity contribution in [3.05, 3.63) is 23.2 Å². The molecule has 1 aromatic rings. The van der Waals surface area contributed by atoms with E-state index >= 15 is 0 Å². The molecule has 5 nitrogen and oxygen atoms in total. The summed E-state index contributed by atoms with van der Waals surface area (Å²) in [5, 5.41) is 0.438. The molecule has 1 heterocycles. The maximum Gasteiger partial charge on any atom is 0.245 e. The largest absolute Gasteiger partial charge is 0.398 e. The van der Waals surface area contributed by atoms with Crippen molar-refractivity contribution in [1.29, 1.82) is 0 Å². The number of nitrogens with two attached hydrogens (primary N) is 1. The Hall–Kier alpha value is -0.820. The van der Waals surface area contributed by atoms with E-state index in [2.05, 4.69) is 18.7 Å². The predicted molar refractivity (Wildman–Crippen MR) is 85.9 cm³/mol. The van der Waals surface area contributed by atoms with Gasteiger partial charge in [0.25, 0.3) is 0 Å². The van der Waals surface area contributed by atoms with Gasteiger partial charge in [-0.25, -0.2) is 8.42 Å². The van der Waals surface area contributed by atoms with Crippen molar-refractivity contribution in [2.45, 2.75) is 18.7 Å². The Balaban J connectivity index is 2.11. The SMILES string of the molecule is CC(C)CN1CCN(S(=O)(=O)c2ccc(Cl)cc2N)CC1. The highest BCUT2D eigenvalue weighted by molar-refractivity contribution is 7.89. The number of nitrogens with zero attached hydrogens (tertiary/aromatic N) is 2. The fourth-order valence-electron chi connectivity index (χ4n) is 2.56.